The summed E-state index contributed by atoms with van der Waals surface area (Å²) < 4.78 is 4.03. The molecule has 2 rings (SSSR count). The molecule has 0 aromatic carbocycles. The van der Waals surface area contributed by atoms with Crippen LogP contribution in [-0.2, 0) is 20.0 Å². The van der Waals surface area contributed by atoms with Crippen LogP contribution in [0.5, 0.6) is 0 Å². The largest absolute Gasteiger partial charge is 0.388 e. The van der Waals surface area contributed by atoms with Gasteiger partial charge in [0.1, 0.15) is 0 Å². The Kier molecular flexibility index (Phi) is 4.43. The fourth-order valence-corrected chi connectivity index (χ4v) is 2.27. The lowest BCUT2D eigenvalue weighted by Crippen LogP contribution is -2.04. The second-order valence-corrected chi connectivity index (χ2v) is 5.03. The fourth-order valence-electron chi connectivity index (χ4n) is 2.27. The van der Waals surface area contributed by atoms with Gasteiger partial charge in [-0.05, 0) is 30.5 Å². The zero-order valence-corrected chi connectivity index (χ0v) is 12.0. The van der Waals surface area contributed by atoms with Crippen LogP contribution in [0.4, 0.5) is 0 Å². The summed E-state index contributed by atoms with van der Waals surface area (Å²) in [6.45, 7) is 4.99. The van der Waals surface area contributed by atoms with Gasteiger partial charge in [0.25, 0.3) is 0 Å². The number of aromatic nitrogens is 3. The Morgan fingerprint density at radius 3 is 2.79 bits per heavy atom. The monoisotopic (exact) mass is 261 g/mol. The van der Waals surface area contributed by atoms with Gasteiger partial charge in [-0.1, -0.05) is 20.3 Å². The predicted molar refractivity (Wildman–Crippen MR) is 76.0 cm³/mol. The first-order chi connectivity index (χ1) is 9.13. The van der Waals surface area contributed by atoms with E-state index in [1.807, 2.05) is 30.2 Å². The summed E-state index contributed by atoms with van der Waals surface area (Å²) in [7, 11) is 1.98. The molecule has 0 spiro atoms. The van der Waals surface area contributed by atoms with Crippen LogP contribution in [-0.4, -0.2) is 19.5 Å². The average molecular weight is 261 g/mol. The van der Waals surface area contributed by atoms with Gasteiger partial charge >= 0.3 is 0 Å². The third-order valence-electron chi connectivity index (χ3n) is 3.45. The molecule has 4 heteroatoms. The first-order valence-electron chi connectivity index (χ1n) is 6.99. The summed E-state index contributed by atoms with van der Waals surface area (Å²) >= 11 is 0. The summed E-state index contributed by atoms with van der Waals surface area (Å²) in [6, 6.07) is 4.14. The lowest BCUT2D eigenvalue weighted by Gasteiger charge is -2.06. The Hall–Kier alpha value is -1.55. The number of hydrogen-bond donors (Lipinski definition) is 1. The smallest absolute Gasteiger partial charge is 0.0804 e. The molecule has 0 aliphatic heterocycles. The summed E-state index contributed by atoms with van der Waals surface area (Å²) in [6.07, 6.45) is 6.47. The molecule has 0 aliphatic rings. The van der Waals surface area contributed by atoms with Gasteiger partial charge in [-0.3, -0.25) is 4.68 Å². The van der Waals surface area contributed by atoms with Crippen LogP contribution in [0.15, 0.2) is 24.5 Å². The van der Waals surface area contributed by atoms with E-state index >= 15 is 0 Å². The van der Waals surface area contributed by atoms with E-state index in [9.17, 15) is 5.11 Å². The van der Waals surface area contributed by atoms with E-state index in [1.165, 1.54) is 5.69 Å². The van der Waals surface area contributed by atoms with Crippen molar-refractivity contribution in [3.05, 3.63) is 41.5 Å². The number of hydrogen-bond acceptors (Lipinski definition) is 2. The Balaban J connectivity index is 2.08. The van der Waals surface area contributed by atoms with Crippen LogP contribution in [0.1, 0.15) is 49.7 Å². The summed E-state index contributed by atoms with van der Waals surface area (Å²) in [4.78, 5) is 0. The van der Waals surface area contributed by atoms with Gasteiger partial charge < -0.3 is 9.67 Å². The highest BCUT2D eigenvalue weighted by Crippen LogP contribution is 2.19. The van der Waals surface area contributed by atoms with Crippen molar-refractivity contribution in [3.63, 3.8) is 0 Å². The molecule has 2 aromatic rings. The van der Waals surface area contributed by atoms with E-state index < -0.39 is 0 Å². The zero-order valence-electron chi connectivity index (χ0n) is 12.0. The standard InChI is InChI=1S/C15H23N3O/c1-4-6-15(19)12-7-8-18(10-12)11-14-9-13(5-2)16-17(14)3/h7-10,15,19H,4-6,11H2,1-3H3. The summed E-state index contributed by atoms with van der Waals surface area (Å²) in [5.74, 6) is 0. The van der Waals surface area contributed by atoms with Crippen molar-refractivity contribution in [1.82, 2.24) is 14.3 Å². The van der Waals surface area contributed by atoms with Crippen LogP contribution in [0.2, 0.25) is 0 Å². The van der Waals surface area contributed by atoms with Gasteiger partial charge in [-0.25, -0.2) is 0 Å². The highest BCUT2D eigenvalue weighted by molar-refractivity contribution is 5.16. The molecule has 2 aromatic heterocycles. The number of aliphatic hydroxyl groups excluding tert-OH is 1. The van der Waals surface area contributed by atoms with Crippen LogP contribution in [0.3, 0.4) is 0 Å². The first-order valence-corrected chi connectivity index (χ1v) is 6.99. The van der Waals surface area contributed by atoms with E-state index in [2.05, 4.69) is 29.6 Å². The number of nitrogens with zero attached hydrogens (tertiary/aromatic N) is 3. The zero-order chi connectivity index (χ0) is 13.8. The van der Waals surface area contributed by atoms with E-state index in [-0.39, 0.29) is 6.10 Å². The molecular weight excluding hydrogens is 238 g/mol. The molecule has 1 atom stereocenters. The third kappa shape index (κ3) is 3.26. The molecule has 1 unspecified atom stereocenters. The highest BCUT2D eigenvalue weighted by Gasteiger charge is 2.09. The van der Waals surface area contributed by atoms with Gasteiger partial charge in [0.15, 0.2) is 0 Å². The van der Waals surface area contributed by atoms with Gasteiger partial charge in [0, 0.05) is 19.4 Å². The molecular formula is C15H23N3O. The molecule has 2 heterocycles. The number of aliphatic hydroxyl groups is 1. The maximum absolute atomic E-state index is 9.97. The van der Waals surface area contributed by atoms with Gasteiger partial charge in [0.05, 0.1) is 24.0 Å². The van der Waals surface area contributed by atoms with E-state index in [0.717, 1.165) is 37.1 Å². The molecule has 0 bridgehead atoms. The third-order valence-corrected chi connectivity index (χ3v) is 3.45. The van der Waals surface area contributed by atoms with E-state index in [4.69, 9.17) is 0 Å². The molecule has 0 saturated carbocycles. The maximum atomic E-state index is 9.97. The van der Waals surface area contributed by atoms with Crippen molar-refractivity contribution in [1.29, 1.82) is 0 Å². The SMILES string of the molecule is CCCC(O)c1ccn(Cc2cc(CC)nn2C)c1. The molecule has 0 saturated heterocycles. The summed E-state index contributed by atoms with van der Waals surface area (Å²) in [5.41, 5.74) is 3.31. The fraction of sp³-hybridized carbons (Fsp3) is 0.533. The molecule has 19 heavy (non-hydrogen) atoms. The Morgan fingerprint density at radius 2 is 2.16 bits per heavy atom. The van der Waals surface area contributed by atoms with E-state index in [0.29, 0.717) is 0 Å². The molecule has 0 aliphatic carbocycles. The van der Waals surface area contributed by atoms with E-state index in [1.54, 1.807) is 0 Å². The highest BCUT2D eigenvalue weighted by atomic mass is 16.3. The van der Waals surface area contributed by atoms with Crippen molar-refractivity contribution < 1.29 is 5.11 Å². The van der Waals surface area contributed by atoms with Crippen molar-refractivity contribution in [2.75, 3.05) is 0 Å². The average Bonchev–Trinajstić information content (AvgIpc) is 2.98. The maximum Gasteiger partial charge on any atom is 0.0804 e. The number of rotatable bonds is 6. The number of aryl methyl sites for hydroxylation is 2. The Bertz CT molecular complexity index is 527. The van der Waals surface area contributed by atoms with Gasteiger partial charge in [-0.2, -0.15) is 5.10 Å². The van der Waals surface area contributed by atoms with Crippen LogP contribution in [0.25, 0.3) is 0 Å². The van der Waals surface area contributed by atoms with Crippen LogP contribution in [0, 0.1) is 0 Å². The predicted octanol–water partition coefficient (Wildman–Crippen LogP) is 2.67. The normalized spacial score (nSPS) is 12.8. The Labute approximate surface area is 114 Å². The Morgan fingerprint density at radius 1 is 1.37 bits per heavy atom. The van der Waals surface area contributed by atoms with Crippen LogP contribution >= 0.6 is 0 Å². The molecule has 0 amide bonds. The summed E-state index contributed by atoms with van der Waals surface area (Å²) in [5, 5.41) is 14.4. The van der Waals surface area contributed by atoms with Crippen molar-refractivity contribution in [2.45, 2.75) is 45.8 Å². The topological polar surface area (TPSA) is 43.0 Å². The lowest BCUT2D eigenvalue weighted by atomic mass is 10.1. The molecule has 0 fully saturated rings. The van der Waals surface area contributed by atoms with Crippen molar-refractivity contribution >= 4 is 0 Å². The van der Waals surface area contributed by atoms with Gasteiger partial charge in [-0.15, -0.1) is 0 Å². The quantitative estimate of drug-likeness (QED) is 0.868. The van der Waals surface area contributed by atoms with Crippen molar-refractivity contribution in [3.8, 4) is 0 Å². The minimum absolute atomic E-state index is 0.344. The molecule has 1 N–H and O–H groups in total. The van der Waals surface area contributed by atoms with Gasteiger partial charge in [0.2, 0.25) is 0 Å². The minimum atomic E-state index is -0.344. The lowest BCUT2D eigenvalue weighted by molar-refractivity contribution is 0.166. The van der Waals surface area contributed by atoms with Crippen molar-refractivity contribution in [2.24, 2.45) is 7.05 Å². The molecule has 104 valence electrons. The minimum Gasteiger partial charge on any atom is -0.388 e. The molecule has 4 nitrogen and oxygen atoms in total. The second-order valence-electron chi connectivity index (χ2n) is 5.03. The molecule has 0 radical (unpaired) electrons. The second kappa shape index (κ2) is 6.06. The van der Waals surface area contributed by atoms with Crippen LogP contribution < -0.4 is 0 Å². The first kappa shape index (κ1) is 13.9.